The molecule has 0 aromatic carbocycles. The molecule has 6 rings (SSSR count). The molecular weight excluding hydrogens is 1530 g/mol. The Labute approximate surface area is 682 Å². The van der Waals surface area contributed by atoms with Crippen molar-refractivity contribution < 1.29 is 82.6 Å². The molecule has 37 nitrogen and oxygen atoms in total. The maximum atomic E-state index is 10.9. The van der Waals surface area contributed by atoms with Crippen LogP contribution in [0.15, 0.2) is 20.0 Å². The number of amides is 8. The summed E-state index contributed by atoms with van der Waals surface area (Å²) in [6.07, 6.45) is 10.9. The normalized spacial score (nSPS) is 14.9. The molecule has 40 heteroatoms. The number of morpholine rings is 1. The Morgan fingerprint density at radius 2 is 1.01 bits per heavy atom. The van der Waals surface area contributed by atoms with Gasteiger partial charge in [0.2, 0.25) is 47.3 Å². The van der Waals surface area contributed by atoms with E-state index in [9.17, 15) is 63.6 Å². The van der Waals surface area contributed by atoms with E-state index in [0.29, 0.717) is 59.1 Å². The van der Waals surface area contributed by atoms with Crippen molar-refractivity contribution in [3.8, 4) is 0 Å². The van der Waals surface area contributed by atoms with Gasteiger partial charge in [-0.05, 0) is 73.4 Å². The number of nitrogens with one attached hydrogen (secondary N) is 4. The maximum Gasteiger partial charge on any atom is 0.219 e. The van der Waals surface area contributed by atoms with Crippen LogP contribution >= 0.6 is 0 Å². The van der Waals surface area contributed by atoms with E-state index in [-0.39, 0.29) is 89.3 Å². The summed E-state index contributed by atoms with van der Waals surface area (Å²) in [7, 11) is 8.82. The molecule has 0 saturated carbocycles. The zero-order valence-corrected chi connectivity index (χ0v) is 76.6. The molecule has 0 aromatic heterocycles. The number of rotatable bonds is 21. The van der Waals surface area contributed by atoms with Gasteiger partial charge in [-0.2, -0.15) is 0 Å². The minimum Gasteiger partial charge on any atom is -0.383 e. The van der Waals surface area contributed by atoms with Gasteiger partial charge in [-0.15, -0.1) is 0 Å². The van der Waals surface area contributed by atoms with E-state index in [1.807, 2.05) is 60.8 Å². The Bertz CT molecular complexity index is 2870. The van der Waals surface area contributed by atoms with Crippen molar-refractivity contribution >= 4 is 100 Å². The van der Waals surface area contributed by atoms with Crippen LogP contribution in [0.4, 0.5) is 0 Å². The number of hydrogen-bond donors (Lipinski definition) is 7. The number of guanidine groups is 1. The summed E-state index contributed by atoms with van der Waals surface area (Å²) in [4.78, 5) is 114. The van der Waals surface area contributed by atoms with Gasteiger partial charge in [0.15, 0.2) is 15.8 Å². The Hall–Kier alpha value is -6.79. The Kier molecular flexibility index (Phi) is 86.7. The Morgan fingerprint density at radius 1 is 0.566 bits per heavy atom. The van der Waals surface area contributed by atoms with Gasteiger partial charge in [0.05, 0.1) is 74.3 Å². The second-order valence-corrected chi connectivity index (χ2v) is 32.8. The third kappa shape index (κ3) is 101. The van der Waals surface area contributed by atoms with Crippen LogP contribution in [0.3, 0.4) is 0 Å². The lowest BCUT2D eigenvalue weighted by Crippen LogP contribution is -2.42. The molecule has 0 bridgehead atoms. The van der Waals surface area contributed by atoms with Gasteiger partial charge in [0, 0.05) is 261 Å². The molecule has 4 fully saturated rings. The molecule has 6 heterocycles. The number of likely N-dealkylation sites (tertiary alicyclic amines) is 1. The first-order chi connectivity index (χ1) is 52.6. The number of amidine groups is 2. The lowest BCUT2D eigenvalue weighted by atomic mass is 10.1. The van der Waals surface area contributed by atoms with Gasteiger partial charge in [-0.25, -0.2) is 25.3 Å². The first kappa shape index (κ1) is 122. The van der Waals surface area contributed by atoms with Crippen LogP contribution in [-0.2, 0) is 86.8 Å². The van der Waals surface area contributed by atoms with Gasteiger partial charge >= 0.3 is 0 Å². The second kappa shape index (κ2) is 80.4. The summed E-state index contributed by atoms with van der Waals surface area (Å²) in [6, 6.07) is 0. The third-order valence-electron chi connectivity index (χ3n) is 15.2. The average Bonchev–Trinajstić information content (AvgIpc) is 1.47. The fraction of sp³-hybridized carbons (Fsp3) is 0.836. The van der Waals surface area contributed by atoms with Gasteiger partial charge in [-0.1, -0.05) is 13.8 Å². The summed E-state index contributed by atoms with van der Waals surface area (Å²) in [5.74, 6) is 2.82. The van der Waals surface area contributed by atoms with E-state index >= 15 is 0 Å². The fourth-order valence-electron chi connectivity index (χ4n) is 7.87. The molecular formula is C73H157N19O18S3. The summed E-state index contributed by atoms with van der Waals surface area (Å²) in [5, 5.41) is 11.2. The summed E-state index contributed by atoms with van der Waals surface area (Å²) in [5.41, 5.74) is 16.6. The number of carbonyl (C=O) groups excluding carboxylic acids is 8. The van der Waals surface area contributed by atoms with Crippen molar-refractivity contribution in [2.24, 2.45) is 37.2 Å². The zero-order chi connectivity index (χ0) is 89.0. The highest BCUT2D eigenvalue weighted by Gasteiger charge is 2.22. The predicted octanol–water partition coefficient (Wildman–Crippen LogP) is 0.206. The second-order valence-electron chi connectivity index (χ2n) is 26.0. The number of sulfone groups is 3. The molecule has 113 heavy (non-hydrogen) atoms. The molecule has 0 aliphatic carbocycles. The van der Waals surface area contributed by atoms with Crippen LogP contribution in [0.25, 0.3) is 0 Å². The minimum atomic E-state index is -2.95. The van der Waals surface area contributed by atoms with Crippen LogP contribution in [0.5, 0.6) is 0 Å². The van der Waals surface area contributed by atoms with E-state index < -0.39 is 29.5 Å². The highest BCUT2D eigenvalue weighted by molar-refractivity contribution is 7.91. The first-order valence-corrected chi connectivity index (χ1v) is 44.1. The van der Waals surface area contributed by atoms with E-state index in [1.54, 1.807) is 75.9 Å². The van der Waals surface area contributed by atoms with Crippen LogP contribution in [0.1, 0.15) is 135 Å². The molecule has 6 aliphatic rings. The summed E-state index contributed by atoms with van der Waals surface area (Å²) in [6.45, 7) is 41.1. The summed E-state index contributed by atoms with van der Waals surface area (Å²) < 4.78 is 83.3. The van der Waals surface area contributed by atoms with Crippen molar-refractivity contribution in [1.29, 1.82) is 0 Å². The molecule has 10 N–H and O–H groups in total. The topological polar surface area (TPSA) is 477 Å². The number of hydrogen-bond acceptors (Lipinski definition) is 26. The molecule has 670 valence electrons. The molecule has 0 atom stereocenters. The fourth-order valence-corrected chi connectivity index (χ4v) is 10.2. The van der Waals surface area contributed by atoms with Gasteiger partial charge < -0.3 is 91.7 Å². The predicted molar refractivity (Wildman–Crippen MR) is 459 cm³/mol. The highest BCUT2D eigenvalue weighted by atomic mass is 32.2. The van der Waals surface area contributed by atoms with E-state index in [4.69, 9.17) is 31.4 Å². The smallest absolute Gasteiger partial charge is 0.219 e. The van der Waals surface area contributed by atoms with Gasteiger partial charge in [0.25, 0.3) is 0 Å². The molecule has 6 aliphatic heterocycles. The number of nitrogens with zero attached hydrogens (tertiary/aromatic N) is 12. The highest BCUT2D eigenvalue weighted by Crippen LogP contribution is 2.08. The molecule has 4 saturated heterocycles. The van der Waals surface area contributed by atoms with Gasteiger partial charge in [0.1, 0.15) is 19.7 Å². The van der Waals surface area contributed by atoms with Crippen molar-refractivity contribution in [3.05, 3.63) is 0 Å². The van der Waals surface area contributed by atoms with Crippen LogP contribution in [0, 0.1) is 0 Å². The number of ether oxygens (including phenoxy) is 4. The van der Waals surface area contributed by atoms with E-state index in [0.717, 1.165) is 117 Å². The van der Waals surface area contributed by atoms with Crippen LogP contribution in [0.2, 0.25) is 0 Å². The first-order valence-electron chi connectivity index (χ1n) is 38.2. The van der Waals surface area contributed by atoms with Gasteiger partial charge in [-0.3, -0.25) is 63.2 Å². The van der Waals surface area contributed by atoms with Crippen LogP contribution in [-0.4, -0.2) is 405 Å². The number of methoxy groups -OCH3 is 3. The van der Waals surface area contributed by atoms with E-state index in [2.05, 4.69) is 62.7 Å². The van der Waals surface area contributed by atoms with Crippen molar-refractivity contribution in [3.63, 3.8) is 0 Å². The van der Waals surface area contributed by atoms with Crippen LogP contribution < -0.4 is 38.5 Å². The summed E-state index contributed by atoms with van der Waals surface area (Å²) >= 11 is 0. The number of likely N-dealkylation sites (N-methyl/N-ethyl adjacent to an activating group) is 4. The number of carbonyl (C=O) groups is 8. The van der Waals surface area contributed by atoms with Crippen molar-refractivity contribution in [1.82, 2.24) is 60.5 Å². The Balaban J connectivity index is -0.000000176. The molecule has 0 spiro atoms. The quantitative estimate of drug-likeness (QED) is 0.0459. The molecule has 8 amide bonds. The SMILES string of the molecule is CC.CC(=O)N(C)CCN(C)C.CC(=O)N(C)CCS(C)(=O)=O.CC(=O)N1CCCCC1.CC(=O)N1CCS(=O)(=O)CC1.CC(=O)NCCS(C)(=O)=O.CC1=NCCC1.CC1=NCCN1.CCN=C(N)N.CN=C1CCCN1.COCCN(C)C(C)=O.COCCN(C)C(C)=O.COCCNC(C)=O.NCCN1CCOCC1. The monoisotopic (exact) mass is 1680 g/mol. The molecule has 0 aromatic rings. The lowest BCUT2D eigenvalue weighted by molar-refractivity contribution is -0.130. The number of aliphatic imine (C=N–C) groups is 4. The zero-order valence-electron chi connectivity index (χ0n) is 74.1. The van der Waals surface area contributed by atoms with Crippen molar-refractivity contribution in [2.75, 3.05) is 270 Å². The molecule has 0 unspecified atom stereocenters. The standard InChI is InChI=1S/C7H16N2O.C7H13NO.C6H14N2O.C6H11NO3S.C6H13NO3S.2C6H13NO2.C5H10N2.C5H11NO3S.C5H11NO2.C5H9N.C4H8N2.C3H9N3.C2H6/c1-7(10)9(4)6-5-8(2)3;1-7(9)8-5-3-2-4-6-8;7-1-2-8-3-5-9-6-4-8;1-6(8)7-2-4-11(9,10)5-3-7;1-6(8)7(2)4-5-11(3,9)10;2*1-6(8)7(2)4-5-9-3;1-6-5-3-2-4-7-5;1-5(7)6-3-4-10(2,8)9;1-5(7)6-3-4-8-2;1-5-3-2-4-6-5;1-4-5-2-3-6-4;1-2-6-3(4)5;1-2/h5-6H2,1-4H3;2-6H2,1H3;1-7H2;2-5H2,1H3;4-5H2,1-3H3;2*4-5H2,1-3H3;2-4H2,1H3,(H,6,7);3-4H2,1-2H3,(H,6,7);3-4H2,1-2H3,(H,6,7);2-4H2,1H3;2-3H2,1H3,(H,5,6);2H2,1H3,(H4,4,5,6);1-2H3. The minimum absolute atomic E-state index is 0.00653. The van der Waals surface area contributed by atoms with Crippen molar-refractivity contribution in [2.45, 2.75) is 135 Å². The maximum absolute atomic E-state index is 10.9. The molecule has 0 radical (unpaired) electrons. The third-order valence-corrected chi connectivity index (χ3v) is 18.7. The number of nitrogens with two attached hydrogens (primary N) is 3. The lowest BCUT2D eigenvalue weighted by Gasteiger charge is -2.25. The largest absolute Gasteiger partial charge is 0.383 e. The number of piperidine rings is 1. The average molecular weight is 1690 g/mol. The Morgan fingerprint density at radius 3 is 1.28 bits per heavy atom. The van der Waals surface area contributed by atoms with E-state index in [1.165, 1.54) is 96.5 Å².